The van der Waals surface area contributed by atoms with E-state index in [1.54, 1.807) is 315 Å². The van der Waals surface area contributed by atoms with Crippen molar-refractivity contribution in [2.75, 3.05) is 26.4 Å². The summed E-state index contributed by atoms with van der Waals surface area (Å²) in [4.78, 5) is 0. The lowest BCUT2D eigenvalue weighted by molar-refractivity contribution is 0.0342. The molecular formula is C86H34B2O4. The van der Waals surface area contributed by atoms with Crippen molar-refractivity contribution in [3.8, 4) is 11.1 Å². The Morgan fingerprint density at radius 1 is 0.228 bits per heavy atom. The van der Waals surface area contributed by atoms with E-state index in [0.29, 0.717) is 26.4 Å². The lowest BCUT2D eigenvalue weighted by atomic mass is 9.42. The van der Waals surface area contributed by atoms with E-state index in [-0.39, 0.29) is 46.7 Å². The van der Waals surface area contributed by atoms with Gasteiger partial charge in [-0.25, -0.2) is 0 Å². The van der Waals surface area contributed by atoms with Crippen LogP contribution in [0.2, 0.25) is 0 Å². The Morgan fingerprint density at radius 2 is 0.413 bits per heavy atom. The van der Waals surface area contributed by atoms with Crippen LogP contribution in [0.3, 0.4) is 0 Å². The second-order valence-corrected chi connectivity index (χ2v) is 35.6. The highest BCUT2D eigenvalue weighted by Crippen LogP contribution is 2.90. The van der Waals surface area contributed by atoms with Gasteiger partial charge in [0.05, 0.1) is 0 Å². The van der Waals surface area contributed by atoms with Crippen molar-refractivity contribution < 1.29 is 18.6 Å². The molecule has 0 saturated carbocycles. The molecule has 0 N–H and O–H groups in total. The summed E-state index contributed by atoms with van der Waals surface area (Å²) < 4.78 is 27.2. The molecule has 4 nitrogen and oxygen atoms in total. The quantitative estimate of drug-likeness (QED) is 0.128. The van der Waals surface area contributed by atoms with Crippen LogP contribution in [0.25, 0.3) is 259 Å². The molecule has 4 unspecified atom stereocenters. The van der Waals surface area contributed by atoms with Gasteiger partial charge in [-0.1, -0.05) is 64.1 Å². The van der Waals surface area contributed by atoms with Crippen molar-refractivity contribution in [2.24, 2.45) is 10.8 Å². The van der Waals surface area contributed by atoms with Crippen molar-refractivity contribution in [3.05, 3.63) is 103 Å². The maximum atomic E-state index is 6.81. The molecule has 38 rings (SSSR count). The zero-order valence-electron chi connectivity index (χ0n) is 49.9. The summed E-state index contributed by atoms with van der Waals surface area (Å²) in [5.41, 5.74) is 24.8. The molecule has 92 heavy (non-hydrogen) atoms. The summed E-state index contributed by atoms with van der Waals surface area (Å²) in [6.07, 6.45) is 3.99. The molecule has 2 fully saturated rings. The van der Waals surface area contributed by atoms with E-state index in [4.69, 9.17) is 18.6 Å². The van der Waals surface area contributed by atoms with E-state index >= 15 is 0 Å². The minimum Gasteiger partial charge on any atom is -0.407 e. The standard InChI is InChI=1S/C86H34B2O4/c1-81(2)15-89-87(90-16-81)23-8-6-20-12-84-75-61-53-42-34-27-25-26-28-33(27)46(53)54-43-35(28)32-37-30(26)39-38-29(25)36-31(34)40-47-55-44(36)49(38)59-60-50(39)45(37)56-48-41(32)52(43)64-68-58(48)70-66(56)74(60)83-11-19-5-7-24(88-91-17-82(3,4)18-92-88)10-22(19)14-86(83)79-69(65(55)73(59)83)57(47)67(63(75)51(40)42)77(84)71(79)72(80(70)86)78(68)85(84,13-21(20)9-23)76(64)62(54)61/h5-10H,11-18H2,1-4H3. The molecule has 408 valence electrons. The molecule has 0 bridgehead atoms. The minimum atomic E-state index is -0.367. The summed E-state index contributed by atoms with van der Waals surface area (Å²) in [5, 5.41) is 76.9. The molecule has 0 radical (unpaired) electrons. The van der Waals surface area contributed by atoms with Crippen LogP contribution in [0.1, 0.15) is 94.5 Å². The van der Waals surface area contributed by atoms with E-state index in [9.17, 15) is 0 Å². The van der Waals surface area contributed by atoms with E-state index < -0.39 is 0 Å². The summed E-state index contributed by atoms with van der Waals surface area (Å²) in [7, 11) is -0.734. The van der Waals surface area contributed by atoms with E-state index in [2.05, 4.69) is 64.1 Å². The lowest BCUT2D eigenvalue weighted by Gasteiger charge is -2.58. The van der Waals surface area contributed by atoms with Gasteiger partial charge in [0.25, 0.3) is 0 Å². The third kappa shape index (κ3) is 2.51. The molecular weight excluding hydrogens is 1120 g/mol. The van der Waals surface area contributed by atoms with E-state index in [0.717, 1.165) is 25.7 Å². The molecule has 12 aliphatic rings. The minimum absolute atomic E-state index is 0.0137. The SMILES string of the molecule is CC1(C)COB(c2ccc3c(c2)CC24c5c6c7c8c9c%10c%11c%12c%13c%14c%15c(c-6c2c2c6c%16c%17c%18c(c%19c5c8c5c%19c8c%18c%18c%19c%17c%17c6c(c2%15)c2c%14c6c%12c%12c%11c%11c9c5c5c8c%18c8c(c%115)c%12c5c6c2c%17c%19c58)C%164C3)C%132Cc3cc(B4OCC(C)(C)CO4)ccc3CC7%102)OC1. The number of benzene rings is 18. The molecule has 6 heteroatoms. The number of hydrogen-bond acceptors (Lipinski definition) is 4. The predicted octanol–water partition coefficient (Wildman–Crippen LogP) is 17.9. The zero-order chi connectivity index (χ0) is 56.7. The van der Waals surface area contributed by atoms with Crippen molar-refractivity contribution in [1.29, 1.82) is 0 Å². The Balaban J connectivity index is 0.884. The van der Waals surface area contributed by atoms with E-state index in [1.165, 1.54) is 22.1 Å². The first kappa shape index (κ1) is 39.5. The second-order valence-electron chi connectivity index (χ2n) is 35.6. The largest absolute Gasteiger partial charge is 0.493 e. The van der Waals surface area contributed by atoms with Crippen molar-refractivity contribution in [1.82, 2.24) is 0 Å². The maximum Gasteiger partial charge on any atom is 0.493 e. The summed E-state index contributed by atoms with van der Waals surface area (Å²) in [6.45, 7) is 11.9. The van der Waals surface area contributed by atoms with Crippen molar-refractivity contribution >= 4 is 273 Å². The number of hydrogen-bond donors (Lipinski definition) is 0. The van der Waals surface area contributed by atoms with Crippen LogP contribution in [0.5, 0.6) is 0 Å². The number of fused-ring (bicyclic) bond motifs is 2. The Labute approximate surface area is 515 Å². The van der Waals surface area contributed by atoms with Gasteiger partial charge < -0.3 is 18.6 Å². The molecule has 26 aromatic carbocycles. The highest BCUT2D eigenvalue weighted by atomic mass is 16.6. The Morgan fingerprint density at radius 3 is 0.663 bits per heavy atom. The van der Waals surface area contributed by atoms with Crippen LogP contribution >= 0.6 is 0 Å². The average Bonchev–Trinajstić information content (AvgIpc) is 1.38. The third-order valence-electron chi connectivity index (χ3n) is 32.2. The Hall–Kier alpha value is -8.87. The van der Waals surface area contributed by atoms with Crippen molar-refractivity contribution in [2.45, 2.75) is 75.0 Å². The van der Waals surface area contributed by atoms with Gasteiger partial charge in [-0.05, 0) is 362 Å². The van der Waals surface area contributed by atoms with Gasteiger partial charge in [0.1, 0.15) is 0 Å². The second kappa shape index (κ2) is 9.61. The van der Waals surface area contributed by atoms with Crippen LogP contribution in [0.15, 0.2) is 36.4 Å². The maximum absolute atomic E-state index is 6.81. The molecule has 4 atom stereocenters. The van der Waals surface area contributed by atoms with Crippen LogP contribution in [0, 0.1) is 10.8 Å². The van der Waals surface area contributed by atoms with Crippen LogP contribution in [0.4, 0.5) is 0 Å². The highest BCUT2D eigenvalue weighted by Gasteiger charge is 2.77. The Bertz CT molecular complexity index is 8480. The normalized spacial score (nSPS) is 27.1. The summed E-state index contributed by atoms with van der Waals surface area (Å²) in [6, 6.07) is 15.4. The first-order valence-corrected chi connectivity index (χ1v) is 34.9. The lowest BCUT2D eigenvalue weighted by Crippen LogP contribution is -2.57. The van der Waals surface area contributed by atoms with E-state index in [1.807, 2.05) is 0 Å². The first-order valence-electron chi connectivity index (χ1n) is 34.9. The van der Waals surface area contributed by atoms with Gasteiger partial charge in [0.15, 0.2) is 0 Å². The van der Waals surface area contributed by atoms with Crippen molar-refractivity contribution in [3.63, 3.8) is 0 Å². The smallest absolute Gasteiger partial charge is 0.407 e. The molecule has 26 aromatic rings. The molecule has 2 aliphatic heterocycles. The molecule has 0 amide bonds. The van der Waals surface area contributed by atoms with Gasteiger partial charge in [0.2, 0.25) is 0 Å². The topological polar surface area (TPSA) is 36.9 Å². The van der Waals surface area contributed by atoms with Gasteiger partial charge in [-0.3, -0.25) is 0 Å². The third-order valence-corrected chi connectivity index (χ3v) is 32.2. The van der Waals surface area contributed by atoms with Crippen LogP contribution in [-0.4, -0.2) is 40.7 Å². The number of rotatable bonds is 2. The van der Waals surface area contributed by atoms with Gasteiger partial charge in [-0.15, -0.1) is 0 Å². The average molecular weight is 1150 g/mol. The van der Waals surface area contributed by atoms with Crippen LogP contribution < -0.4 is 10.9 Å². The van der Waals surface area contributed by atoms with Gasteiger partial charge in [-0.2, -0.15) is 0 Å². The monoisotopic (exact) mass is 1150 g/mol. The fourth-order valence-corrected chi connectivity index (χ4v) is 31.1. The molecule has 10 aliphatic carbocycles. The Kier molecular flexibility index (Phi) is 4.13. The fraction of sp³-hybridized carbons (Fsp3) is 0.209. The highest BCUT2D eigenvalue weighted by molar-refractivity contribution is 6.79. The summed E-state index contributed by atoms with van der Waals surface area (Å²) >= 11 is 0. The predicted molar refractivity (Wildman–Crippen MR) is 376 cm³/mol. The zero-order valence-corrected chi connectivity index (χ0v) is 49.9. The van der Waals surface area contributed by atoms with Gasteiger partial charge in [0, 0.05) is 58.9 Å². The first-order chi connectivity index (χ1) is 45.2. The molecule has 0 aromatic heterocycles. The van der Waals surface area contributed by atoms with Gasteiger partial charge >= 0.3 is 14.2 Å². The fourth-order valence-electron chi connectivity index (χ4n) is 31.1. The molecule has 4 spiro atoms. The molecule has 2 saturated heterocycles. The van der Waals surface area contributed by atoms with Crippen LogP contribution in [-0.2, 0) is 66.0 Å². The molecule has 2 heterocycles. The summed E-state index contributed by atoms with van der Waals surface area (Å²) in [5.74, 6) is 0.